The molecule has 3 fully saturated rings. The van der Waals surface area contributed by atoms with E-state index in [0.29, 0.717) is 41.9 Å². The zero-order chi connectivity index (χ0) is 22.1. The summed E-state index contributed by atoms with van der Waals surface area (Å²) >= 11 is 12.1. The van der Waals surface area contributed by atoms with Crippen LogP contribution in [0.15, 0.2) is 12.3 Å². The maximum absolute atomic E-state index is 13.3. The average molecular weight is 465 g/mol. The van der Waals surface area contributed by atoms with Gasteiger partial charge in [0.2, 0.25) is 11.8 Å². The van der Waals surface area contributed by atoms with Crippen LogP contribution in [0.1, 0.15) is 35.4 Å². The number of nitrogens with one attached hydrogen (secondary N) is 1. The van der Waals surface area contributed by atoms with E-state index in [4.69, 9.17) is 28.9 Å². The molecule has 0 aromatic carbocycles. The summed E-state index contributed by atoms with van der Waals surface area (Å²) in [7, 11) is 0. The van der Waals surface area contributed by atoms with E-state index in [-0.39, 0.29) is 36.0 Å². The first kappa shape index (κ1) is 20.5. The number of pyridine rings is 1. The van der Waals surface area contributed by atoms with Crippen molar-refractivity contribution in [2.45, 2.75) is 49.1 Å². The molecule has 31 heavy (non-hydrogen) atoms. The molecule has 0 spiro atoms. The van der Waals surface area contributed by atoms with Gasteiger partial charge in [-0.05, 0) is 38.2 Å². The Morgan fingerprint density at radius 2 is 2.06 bits per heavy atom. The number of rotatable bonds is 6. The number of nitrogens with zero attached hydrogens (tertiary/aromatic N) is 4. The number of aromatic nitrogens is 3. The third kappa shape index (κ3) is 3.53. The third-order valence-corrected chi connectivity index (χ3v) is 7.46. The molecule has 164 valence electrons. The molecule has 3 amide bonds. The highest BCUT2D eigenvalue weighted by atomic mass is 35.5. The van der Waals surface area contributed by atoms with Crippen LogP contribution < -0.4 is 11.1 Å². The molecule has 2 aromatic rings. The number of alkyl halides is 2. The number of hydrogen-bond donors (Lipinski definition) is 2. The van der Waals surface area contributed by atoms with Gasteiger partial charge in [-0.25, -0.2) is 0 Å². The number of piperidine rings is 1. The Bertz CT molecular complexity index is 1120. The van der Waals surface area contributed by atoms with E-state index in [9.17, 15) is 14.4 Å². The van der Waals surface area contributed by atoms with Gasteiger partial charge < -0.3 is 16.0 Å². The Hall–Kier alpha value is -2.39. The normalized spacial score (nSPS) is 27.8. The second-order valence-corrected chi connectivity index (χ2v) is 10.2. The largest absolute Gasteiger partial charge is 0.364 e. The van der Waals surface area contributed by atoms with Crippen LogP contribution in [0.3, 0.4) is 0 Å². The smallest absolute Gasteiger partial charge is 0.269 e. The molecule has 3 aliphatic rings. The zero-order valence-corrected chi connectivity index (χ0v) is 18.4. The molecule has 1 unspecified atom stereocenters. The lowest BCUT2D eigenvalue weighted by Gasteiger charge is -2.27. The van der Waals surface area contributed by atoms with Gasteiger partial charge in [-0.3, -0.25) is 24.0 Å². The Labute approximate surface area is 188 Å². The highest BCUT2D eigenvalue weighted by Crippen LogP contribution is 2.53. The summed E-state index contributed by atoms with van der Waals surface area (Å²) in [5.74, 6) is -0.684. The monoisotopic (exact) mass is 464 g/mol. The van der Waals surface area contributed by atoms with Crippen LogP contribution in [0.4, 0.5) is 0 Å². The number of halogens is 2. The first-order chi connectivity index (χ1) is 14.7. The van der Waals surface area contributed by atoms with E-state index in [1.165, 1.54) is 4.68 Å². The number of carbonyl (C=O) groups is 3. The number of carbonyl (C=O) groups excluding carboxylic acids is 3. The number of fused-ring (bicyclic) bond motifs is 2. The number of aryl methyl sites for hydroxylation is 1. The summed E-state index contributed by atoms with van der Waals surface area (Å²) in [6, 6.07) is 1.21. The molecular weight excluding hydrogens is 443 g/mol. The lowest BCUT2D eigenvalue weighted by Crippen LogP contribution is -2.49. The van der Waals surface area contributed by atoms with Crippen LogP contribution in [-0.4, -0.2) is 60.3 Å². The van der Waals surface area contributed by atoms with Crippen LogP contribution in [0.25, 0.3) is 10.9 Å². The lowest BCUT2D eigenvalue weighted by atomic mass is 10.1. The van der Waals surface area contributed by atoms with Crippen LogP contribution >= 0.6 is 23.2 Å². The fourth-order valence-corrected chi connectivity index (χ4v) is 5.21. The SMILES string of the molecule is Cc1nccc2c(C(N)=O)nn(CC(=O)N3C4C[C@@H]4C[C@H]3C(=O)NC[C@H]3CC3(Cl)Cl)c12. The Morgan fingerprint density at radius 3 is 2.74 bits per heavy atom. The molecule has 0 radical (unpaired) electrons. The van der Waals surface area contributed by atoms with Gasteiger partial charge in [0.1, 0.15) is 16.9 Å². The van der Waals surface area contributed by atoms with E-state index in [2.05, 4.69) is 15.4 Å². The van der Waals surface area contributed by atoms with Gasteiger partial charge in [-0.2, -0.15) is 5.10 Å². The summed E-state index contributed by atoms with van der Waals surface area (Å²) in [4.78, 5) is 43.8. The molecule has 0 bridgehead atoms. The molecule has 2 saturated carbocycles. The molecule has 1 saturated heterocycles. The quantitative estimate of drug-likeness (QED) is 0.620. The first-order valence-electron chi connectivity index (χ1n) is 10.3. The van der Waals surface area contributed by atoms with E-state index < -0.39 is 16.3 Å². The molecule has 1 aliphatic heterocycles. The van der Waals surface area contributed by atoms with Gasteiger partial charge in [-0.1, -0.05) is 0 Å². The lowest BCUT2D eigenvalue weighted by molar-refractivity contribution is -0.140. The molecular formula is C20H22Cl2N6O3. The van der Waals surface area contributed by atoms with Crippen molar-refractivity contribution in [3.05, 3.63) is 23.7 Å². The van der Waals surface area contributed by atoms with Gasteiger partial charge in [0.25, 0.3) is 5.91 Å². The molecule has 3 heterocycles. The van der Waals surface area contributed by atoms with Crippen LogP contribution in [0.2, 0.25) is 0 Å². The minimum atomic E-state index is -0.758. The van der Waals surface area contributed by atoms with E-state index in [1.807, 2.05) is 0 Å². The van der Waals surface area contributed by atoms with Crippen LogP contribution in [0.5, 0.6) is 0 Å². The van der Waals surface area contributed by atoms with Crippen LogP contribution in [0, 0.1) is 18.8 Å². The van der Waals surface area contributed by atoms with Crippen molar-refractivity contribution in [2.24, 2.45) is 17.6 Å². The Kier molecular flexibility index (Phi) is 4.67. The standard InChI is InChI=1S/C20H22Cl2N6O3/c1-9-17-12(2-3-24-9)16(18(23)30)26-27(17)8-15(29)28-13-4-10(13)5-14(28)19(31)25-7-11-6-20(11,21)22/h2-3,10-11,13-14H,4-8H2,1H3,(H2,23,30)(H,25,31)/t10-,11-,13?,14+/m1/s1. The molecule has 2 aliphatic carbocycles. The Morgan fingerprint density at radius 1 is 1.32 bits per heavy atom. The first-order valence-corrected chi connectivity index (χ1v) is 11.0. The fraction of sp³-hybridized carbons (Fsp3) is 0.550. The van der Waals surface area contributed by atoms with E-state index in [1.54, 1.807) is 24.1 Å². The number of hydrogen-bond acceptors (Lipinski definition) is 5. The van der Waals surface area contributed by atoms with Gasteiger partial charge in [0.15, 0.2) is 5.69 Å². The molecule has 2 aromatic heterocycles. The predicted molar refractivity (Wildman–Crippen MR) is 113 cm³/mol. The van der Waals surface area contributed by atoms with E-state index in [0.717, 1.165) is 6.42 Å². The van der Waals surface area contributed by atoms with Gasteiger partial charge in [0, 0.05) is 30.1 Å². The molecule has 5 rings (SSSR count). The maximum atomic E-state index is 13.3. The van der Waals surface area contributed by atoms with Gasteiger partial charge in [0.05, 0.1) is 11.2 Å². The second kappa shape index (κ2) is 7.06. The van der Waals surface area contributed by atoms with Crippen molar-refractivity contribution >= 4 is 51.8 Å². The van der Waals surface area contributed by atoms with Gasteiger partial charge in [-0.15, -0.1) is 23.2 Å². The van der Waals surface area contributed by atoms with Gasteiger partial charge >= 0.3 is 0 Å². The van der Waals surface area contributed by atoms with Crippen molar-refractivity contribution in [1.29, 1.82) is 0 Å². The zero-order valence-electron chi connectivity index (χ0n) is 16.8. The number of nitrogens with two attached hydrogens (primary N) is 1. The highest BCUT2D eigenvalue weighted by Gasteiger charge is 2.56. The summed E-state index contributed by atoms with van der Waals surface area (Å²) < 4.78 is 0.704. The maximum Gasteiger partial charge on any atom is 0.269 e. The fourth-order valence-electron chi connectivity index (χ4n) is 4.69. The summed E-state index contributed by atoms with van der Waals surface area (Å²) in [5.41, 5.74) is 6.80. The molecule has 9 nitrogen and oxygen atoms in total. The minimum absolute atomic E-state index is 0.0398. The van der Waals surface area contributed by atoms with Crippen LogP contribution in [-0.2, 0) is 16.1 Å². The number of amides is 3. The third-order valence-electron chi connectivity index (χ3n) is 6.53. The number of primary amides is 1. The minimum Gasteiger partial charge on any atom is -0.364 e. The summed E-state index contributed by atoms with van der Waals surface area (Å²) in [6.07, 6.45) is 3.77. The van der Waals surface area contributed by atoms with Crippen molar-refractivity contribution < 1.29 is 14.4 Å². The van der Waals surface area contributed by atoms with E-state index >= 15 is 0 Å². The predicted octanol–water partition coefficient (Wildman–Crippen LogP) is 1.14. The average Bonchev–Trinajstić information content (AvgIpc) is 3.48. The van der Waals surface area contributed by atoms with Crippen molar-refractivity contribution in [3.63, 3.8) is 0 Å². The van der Waals surface area contributed by atoms with Crippen molar-refractivity contribution in [1.82, 2.24) is 25.0 Å². The number of likely N-dealkylation sites (tertiary alicyclic amines) is 1. The van der Waals surface area contributed by atoms with Crippen molar-refractivity contribution in [2.75, 3.05) is 6.54 Å². The Balaban J connectivity index is 1.35. The highest BCUT2D eigenvalue weighted by molar-refractivity contribution is 6.50. The molecule has 11 heteroatoms. The molecule has 3 N–H and O–H groups in total. The summed E-state index contributed by atoms with van der Waals surface area (Å²) in [6.45, 7) is 2.08. The summed E-state index contributed by atoms with van der Waals surface area (Å²) in [5, 5.41) is 7.73. The molecule has 4 atom stereocenters. The topological polar surface area (TPSA) is 123 Å². The second-order valence-electron chi connectivity index (χ2n) is 8.69. The van der Waals surface area contributed by atoms with Crippen molar-refractivity contribution in [3.8, 4) is 0 Å².